The van der Waals surface area contributed by atoms with Crippen LogP contribution in [0.15, 0.2) is 12.2 Å². The molecule has 0 aromatic carbocycles. The number of amides is 2. The molecule has 1 rings (SSSR count). The van der Waals surface area contributed by atoms with Gasteiger partial charge in [0, 0.05) is 32.6 Å². The number of allylic oxidation sites excluding steroid dienone is 1. The summed E-state index contributed by atoms with van der Waals surface area (Å²) in [6.07, 6.45) is 21.7. The van der Waals surface area contributed by atoms with Crippen molar-refractivity contribution in [3.8, 4) is 0 Å². The van der Waals surface area contributed by atoms with Crippen molar-refractivity contribution in [1.82, 2.24) is 10.6 Å². The fourth-order valence-electron chi connectivity index (χ4n) is 3.72. The normalized spacial score (nSPS) is 16.0. The molecule has 188 valence electrons. The molecule has 6 heteroatoms. The molecule has 0 bridgehead atoms. The molecule has 0 aromatic rings. The van der Waals surface area contributed by atoms with E-state index in [4.69, 9.17) is 11.5 Å². The predicted octanol–water partition coefficient (Wildman–Crippen LogP) is 4.43. The second kappa shape index (κ2) is 22.9. The van der Waals surface area contributed by atoms with Gasteiger partial charge in [-0.05, 0) is 18.8 Å². The van der Waals surface area contributed by atoms with E-state index in [0.717, 1.165) is 25.4 Å². The number of hydrogen-bond donors (Lipinski definition) is 4. The summed E-state index contributed by atoms with van der Waals surface area (Å²) in [6, 6.07) is 0. The number of carbonyl (C=O) groups is 2. The minimum atomic E-state index is -0.224. The van der Waals surface area contributed by atoms with Gasteiger partial charge in [-0.25, -0.2) is 0 Å². The molecule has 1 aliphatic rings. The van der Waals surface area contributed by atoms with Crippen molar-refractivity contribution in [2.45, 2.75) is 104 Å². The molecule has 0 aromatic heterocycles. The average Bonchev–Trinajstić information content (AvgIpc) is 3.08. The van der Waals surface area contributed by atoms with Crippen LogP contribution in [0.2, 0.25) is 0 Å². The Bertz CT molecular complexity index is 476. The summed E-state index contributed by atoms with van der Waals surface area (Å²) in [6.45, 7) is 7.76. The highest BCUT2D eigenvalue weighted by Crippen LogP contribution is 2.15. The van der Waals surface area contributed by atoms with Gasteiger partial charge in [0.2, 0.25) is 11.8 Å². The van der Waals surface area contributed by atoms with Crippen LogP contribution in [0.1, 0.15) is 104 Å². The first-order valence-corrected chi connectivity index (χ1v) is 13.1. The lowest BCUT2D eigenvalue weighted by Gasteiger charge is -2.04. The van der Waals surface area contributed by atoms with E-state index in [1.165, 1.54) is 77.0 Å². The Hall–Kier alpha value is -1.24. The van der Waals surface area contributed by atoms with E-state index < -0.39 is 0 Å². The van der Waals surface area contributed by atoms with Crippen molar-refractivity contribution in [2.24, 2.45) is 23.3 Å². The second-order valence-electron chi connectivity index (χ2n) is 9.34. The molecule has 0 saturated carbocycles. The Morgan fingerprint density at radius 2 is 1.38 bits per heavy atom. The molecular weight excluding hydrogens is 400 g/mol. The van der Waals surface area contributed by atoms with Crippen molar-refractivity contribution in [3.63, 3.8) is 0 Å². The minimum absolute atomic E-state index is 0.138. The molecule has 0 spiro atoms. The zero-order valence-electron chi connectivity index (χ0n) is 21.0. The number of nitrogens with two attached hydrogens (primary N) is 2. The highest BCUT2D eigenvalue weighted by molar-refractivity contribution is 6.04. The monoisotopic (exact) mass is 452 g/mol. The highest BCUT2D eigenvalue weighted by Gasteiger charge is 2.27. The molecule has 2 amide bonds. The van der Waals surface area contributed by atoms with Gasteiger partial charge in [0.05, 0.1) is 5.92 Å². The van der Waals surface area contributed by atoms with E-state index in [1.807, 2.05) is 6.08 Å². The first-order valence-electron chi connectivity index (χ1n) is 13.1. The summed E-state index contributed by atoms with van der Waals surface area (Å²) < 4.78 is 0. The lowest BCUT2D eigenvalue weighted by molar-refractivity contribution is -0.125. The summed E-state index contributed by atoms with van der Waals surface area (Å²) in [5.41, 5.74) is 10.3. The summed E-state index contributed by atoms with van der Waals surface area (Å²) >= 11 is 0. The Morgan fingerprint density at radius 3 is 1.81 bits per heavy atom. The van der Waals surface area contributed by atoms with E-state index >= 15 is 0 Å². The number of rotatable bonds is 19. The van der Waals surface area contributed by atoms with Gasteiger partial charge in [-0.1, -0.05) is 96.6 Å². The fourth-order valence-corrected chi connectivity index (χ4v) is 3.72. The van der Waals surface area contributed by atoms with Gasteiger partial charge in [-0.3, -0.25) is 14.9 Å². The van der Waals surface area contributed by atoms with Gasteiger partial charge in [-0.2, -0.15) is 0 Å². The van der Waals surface area contributed by atoms with Crippen LogP contribution in [0.25, 0.3) is 0 Å². The topological polar surface area (TPSA) is 110 Å². The maximum Gasteiger partial charge on any atom is 0.233 e. The zero-order chi connectivity index (χ0) is 23.9. The Morgan fingerprint density at radius 1 is 0.875 bits per heavy atom. The summed E-state index contributed by atoms with van der Waals surface area (Å²) in [4.78, 5) is 22.5. The largest absolute Gasteiger partial charge is 0.329 e. The molecule has 0 radical (unpaired) electrons. The van der Waals surface area contributed by atoms with Crippen LogP contribution in [0.3, 0.4) is 0 Å². The molecule has 1 fully saturated rings. The molecule has 1 unspecified atom stereocenters. The number of unbranched alkanes of at least 4 members (excludes halogenated alkanes) is 11. The van der Waals surface area contributed by atoms with E-state index in [1.54, 1.807) is 0 Å². The van der Waals surface area contributed by atoms with Crippen molar-refractivity contribution in [2.75, 3.05) is 26.2 Å². The van der Waals surface area contributed by atoms with Gasteiger partial charge >= 0.3 is 0 Å². The first kappa shape index (κ1) is 30.8. The molecule has 1 saturated heterocycles. The van der Waals surface area contributed by atoms with Crippen molar-refractivity contribution in [3.05, 3.63) is 12.2 Å². The second-order valence-corrected chi connectivity index (χ2v) is 9.34. The molecule has 1 aliphatic heterocycles. The summed E-state index contributed by atoms with van der Waals surface area (Å²) in [7, 11) is 0. The molecule has 1 atom stereocenters. The van der Waals surface area contributed by atoms with Crippen LogP contribution in [0.4, 0.5) is 0 Å². The van der Waals surface area contributed by atoms with Crippen LogP contribution < -0.4 is 22.1 Å². The van der Waals surface area contributed by atoms with E-state index in [2.05, 4.69) is 30.6 Å². The van der Waals surface area contributed by atoms with Gasteiger partial charge in [-0.15, -0.1) is 0 Å². The lowest BCUT2D eigenvalue weighted by atomic mass is 10.0. The fraction of sp³-hybridized carbons (Fsp3) is 0.846. The first-order chi connectivity index (χ1) is 15.5. The summed E-state index contributed by atoms with van der Waals surface area (Å²) in [5, 5.41) is 5.38. The smallest absolute Gasteiger partial charge is 0.233 e. The number of nitrogens with one attached hydrogen (secondary N) is 2. The molecular formula is C26H52N4O2. The van der Waals surface area contributed by atoms with Crippen LogP contribution in [-0.2, 0) is 9.59 Å². The zero-order valence-corrected chi connectivity index (χ0v) is 21.0. The average molecular weight is 453 g/mol. The van der Waals surface area contributed by atoms with Crippen LogP contribution >= 0.6 is 0 Å². The van der Waals surface area contributed by atoms with Gasteiger partial charge < -0.3 is 16.8 Å². The van der Waals surface area contributed by atoms with E-state index in [-0.39, 0.29) is 17.7 Å². The van der Waals surface area contributed by atoms with Crippen molar-refractivity contribution >= 4 is 11.8 Å². The highest BCUT2D eigenvalue weighted by atomic mass is 16.2. The van der Waals surface area contributed by atoms with Crippen molar-refractivity contribution < 1.29 is 9.59 Å². The van der Waals surface area contributed by atoms with Gasteiger partial charge in [0.15, 0.2) is 0 Å². The number of imide groups is 1. The van der Waals surface area contributed by atoms with Crippen molar-refractivity contribution in [1.29, 1.82) is 0 Å². The molecule has 0 aliphatic carbocycles. The quantitative estimate of drug-likeness (QED) is 0.132. The summed E-state index contributed by atoms with van der Waals surface area (Å²) in [5.74, 6) is 0.358. The standard InChI is InChI=1S/C22H39NO2.C4H13N3/c1-19(2)16-14-12-10-8-6-4-3-5-7-9-11-13-15-17-20-18-21(24)23-22(20)25;5-1-3-7-4-2-6/h15,17,19-20H,3-14,16,18H2,1-2H3,(H,23,24,25);7H,1-6H2. The Labute approximate surface area is 197 Å². The molecule has 1 heterocycles. The predicted molar refractivity (Wildman–Crippen MR) is 136 cm³/mol. The lowest BCUT2D eigenvalue weighted by Crippen LogP contribution is -2.27. The third-order valence-corrected chi connectivity index (χ3v) is 5.67. The van der Waals surface area contributed by atoms with Crippen LogP contribution in [-0.4, -0.2) is 38.0 Å². The minimum Gasteiger partial charge on any atom is -0.329 e. The number of carbonyl (C=O) groups excluding carboxylic acids is 2. The van der Waals surface area contributed by atoms with E-state index in [0.29, 0.717) is 19.5 Å². The molecule has 6 nitrogen and oxygen atoms in total. The number of hydrogen-bond acceptors (Lipinski definition) is 5. The Kier molecular flexibility index (Phi) is 22.0. The maximum absolute atomic E-state index is 11.4. The van der Waals surface area contributed by atoms with Gasteiger partial charge in [0.25, 0.3) is 0 Å². The van der Waals surface area contributed by atoms with Crippen LogP contribution in [0.5, 0.6) is 0 Å². The third kappa shape index (κ3) is 20.7. The van der Waals surface area contributed by atoms with E-state index in [9.17, 15) is 9.59 Å². The Balaban J connectivity index is 0.00000118. The SMILES string of the molecule is CC(C)CCCCCCCCCCCCCC=CC1CC(=O)NC1=O.NCCNCCN. The third-order valence-electron chi connectivity index (χ3n) is 5.67. The van der Waals surface area contributed by atoms with Gasteiger partial charge in [0.1, 0.15) is 0 Å². The molecule has 6 N–H and O–H groups in total. The van der Waals surface area contributed by atoms with Crippen LogP contribution in [0, 0.1) is 11.8 Å². The maximum atomic E-state index is 11.4. The molecule has 32 heavy (non-hydrogen) atoms.